The highest BCUT2D eigenvalue weighted by atomic mass is 32.1. The van der Waals surface area contributed by atoms with Crippen LogP contribution in [0.4, 0.5) is 5.00 Å². The molecule has 0 spiro atoms. The molecule has 7 heteroatoms. The molecule has 3 rings (SSSR count). The average molecular weight is 375 g/mol. The predicted molar refractivity (Wildman–Crippen MR) is 102 cm³/mol. The fourth-order valence-electron chi connectivity index (χ4n) is 3.84. The van der Waals surface area contributed by atoms with Crippen molar-refractivity contribution in [2.75, 3.05) is 25.0 Å². The van der Waals surface area contributed by atoms with Crippen LogP contribution in [-0.4, -0.2) is 36.3 Å². The van der Waals surface area contributed by atoms with E-state index in [4.69, 9.17) is 5.73 Å². The van der Waals surface area contributed by atoms with E-state index in [0.29, 0.717) is 18.5 Å². The molecule has 0 unspecified atom stereocenters. The van der Waals surface area contributed by atoms with Crippen molar-refractivity contribution >= 4 is 28.2 Å². The largest absolute Gasteiger partial charge is 0.369 e. The summed E-state index contributed by atoms with van der Waals surface area (Å²) in [5, 5.41) is 13.2. The zero-order chi connectivity index (χ0) is 18.5. The molecule has 26 heavy (non-hydrogen) atoms. The second kappa shape index (κ2) is 8.65. The fourth-order valence-corrected chi connectivity index (χ4v) is 5.09. The molecule has 3 N–H and O–H groups in total. The SMILES string of the molecule is N#Cc1c(NC(=O)CCN2CCC(C(N)=O)CC2)sc2c1CCCCC2. The number of piperidine rings is 1. The molecule has 2 heterocycles. The number of aryl methyl sites for hydroxylation is 1. The second-order valence-electron chi connectivity index (χ2n) is 7.20. The van der Waals surface area contributed by atoms with Gasteiger partial charge in [0.1, 0.15) is 11.1 Å². The summed E-state index contributed by atoms with van der Waals surface area (Å²) < 4.78 is 0. The van der Waals surface area contributed by atoms with Crippen LogP contribution < -0.4 is 11.1 Å². The van der Waals surface area contributed by atoms with Crippen molar-refractivity contribution < 1.29 is 9.59 Å². The number of anilines is 1. The van der Waals surface area contributed by atoms with E-state index in [2.05, 4.69) is 16.3 Å². The molecule has 0 saturated carbocycles. The molecule has 1 fully saturated rings. The molecule has 1 aliphatic carbocycles. The summed E-state index contributed by atoms with van der Waals surface area (Å²) >= 11 is 1.57. The Labute approximate surface area is 158 Å². The van der Waals surface area contributed by atoms with Gasteiger partial charge in [0.05, 0.1) is 5.56 Å². The Morgan fingerprint density at radius 2 is 1.96 bits per heavy atom. The number of carbonyl (C=O) groups excluding carboxylic acids is 2. The van der Waals surface area contributed by atoms with Gasteiger partial charge in [0, 0.05) is 23.8 Å². The zero-order valence-corrected chi connectivity index (χ0v) is 15.9. The quantitative estimate of drug-likeness (QED) is 0.773. The number of amides is 2. The lowest BCUT2D eigenvalue weighted by Gasteiger charge is -2.30. The number of carbonyl (C=O) groups is 2. The van der Waals surface area contributed by atoms with E-state index in [9.17, 15) is 14.9 Å². The molecule has 1 aliphatic heterocycles. The van der Waals surface area contributed by atoms with Crippen molar-refractivity contribution in [2.24, 2.45) is 11.7 Å². The third-order valence-corrected chi connectivity index (χ3v) is 6.64. The van der Waals surface area contributed by atoms with Crippen LogP contribution in [0.25, 0.3) is 0 Å². The molecule has 0 bridgehead atoms. The minimum Gasteiger partial charge on any atom is -0.369 e. The number of thiophene rings is 1. The minimum absolute atomic E-state index is 0.0280. The van der Waals surface area contributed by atoms with E-state index in [-0.39, 0.29) is 17.7 Å². The van der Waals surface area contributed by atoms with Crippen LogP contribution in [0.2, 0.25) is 0 Å². The van der Waals surface area contributed by atoms with Crippen LogP contribution >= 0.6 is 11.3 Å². The third-order valence-electron chi connectivity index (χ3n) is 5.43. The van der Waals surface area contributed by atoms with Crippen LogP contribution in [0.3, 0.4) is 0 Å². The molecule has 1 aromatic heterocycles. The van der Waals surface area contributed by atoms with Gasteiger partial charge in [-0.2, -0.15) is 5.26 Å². The third kappa shape index (κ3) is 4.43. The summed E-state index contributed by atoms with van der Waals surface area (Å²) in [6.45, 7) is 2.28. The maximum Gasteiger partial charge on any atom is 0.226 e. The second-order valence-corrected chi connectivity index (χ2v) is 8.30. The number of likely N-dealkylation sites (tertiary alicyclic amines) is 1. The first-order valence-electron chi connectivity index (χ1n) is 9.44. The highest BCUT2D eigenvalue weighted by molar-refractivity contribution is 7.16. The summed E-state index contributed by atoms with van der Waals surface area (Å²) in [5.41, 5.74) is 7.17. The van der Waals surface area contributed by atoms with Gasteiger partial charge in [-0.1, -0.05) is 6.42 Å². The number of rotatable bonds is 5. The van der Waals surface area contributed by atoms with E-state index >= 15 is 0 Å². The van der Waals surface area contributed by atoms with Gasteiger partial charge in [-0.25, -0.2) is 0 Å². The number of nitrogens with one attached hydrogen (secondary N) is 1. The first kappa shape index (κ1) is 18.9. The van der Waals surface area contributed by atoms with E-state index in [1.807, 2.05) is 0 Å². The normalized spacial score (nSPS) is 18.6. The van der Waals surface area contributed by atoms with Crippen LogP contribution in [0.1, 0.15) is 54.5 Å². The van der Waals surface area contributed by atoms with Gasteiger partial charge in [-0.15, -0.1) is 11.3 Å². The molecule has 0 atom stereocenters. The molecule has 6 nitrogen and oxygen atoms in total. The van der Waals surface area contributed by atoms with Gasteiger partial charge >= 0.3 is 0 Å². The lowest BCUT2D eigenvalue weighted by molar-refractivity contribution is -0.123. The van der Waals surface area contributed by atoms with Crippen molar-refractivity contribution in [3.63, 3.8) is 0 Å². The Bertz CT molecular complexity index is 714. The van der Waals surface area contributed by atoms with Crippen LogP contribution in [-0.2, 0) is 22.4 Å². The lowest BCUT2D eigenvalue weighted by atomic mass is 9.96. The van der Waals surface area contributed by atoms with Gasteiger partial charge in [-0.3, -0.25) is 9.59 Å². The molecular formula is C19H26N4O2S. The standard InChI is InChI=1S/C19H26N4O2S/c20-12-15-14-4-2-1-3-5-16(14)26-19(15)22-17(24)8-11-23-9-6-13(7-10-23)18(21)25/h13H,1-11H2,(H2,21,25)(H,22,24). The van der Waals surface area contributed by atoms with Crippen LogP contribution in [0.15, 0.2) is 0 Å². The summed E-state index contributed by atoms with van der Waals surface area (Å²) in [6, 6.07) is 2.30. The van der Waals surface area contributed by atoms with Crippen molar-refractivity contribution in [1.29, 1.82) is 5.26 Å². The molecule has 140 valence electrons. The molecule has 0 radical (unpaired) electrons. The Hall–Kier alpha value is -1.91. The highest BCUT2D eigenvalue weighted by Gasteiger charge is 2.24. The highest BCUT2D eigenvalue weighted by Crippen LogP contribution is 2.37. The van der Waals surface area contributed by atoms with Crippen LogP contribution in [0, 0.1) is 17.2 Å². The van der Waals surface area contributed by atoms with Crippen LogP contribution in [0.5, 0.6) is 0 Å². The number of nitriles is 1. The van der Waals surface area contributed by atoms with Gasteiger partial charge in [0.25, 0.3) is 0 Å². The van der Waals surface area contributed by atoms with Gasteiger partial charge < -0.3 is 16.0 Å². The molecular weight excluding hydrogens is 348 g/mol. The van der Waals surface area contributed by atoms with E-state index in [0.717, 1.165) is 62.2 Å². The number of fused-ring (bicyclic) bond motifs is 1. The Morgan fingerprint density at radius 3 is 2.65 bits per heavy atom. The topological polar surface area (TPSA) is 99.2 Å². The van der Waals surface area contributed by atoms with E-state index < -0.39 is 0 Å². The van der Waals surface area contributed by atoms with Crippen molar-refractivity contribution in [3.05, 3.63) is 16.0 Å². The predicted octanol–water partition coefficient (Wildman–Crippen LogP) is 2.41. The zero-order valence-electron chi connectivity index (χ0n) is 15.1. The van der Waals surface area contributed by atoms with Crippen molar-refractivity contribution in [1.82, 2.24) is 4.90 Å². The molecule has 0 aromatic carbocycles. The van der Waals surface area contributed by atoms with Gasteiger partial charge in [-0.05, 0) is 57.2 Å². The van der Waals surface area contributed by atoms with Gasteiger partial charge in [0.15, 0.2) is 0 Å². The van der Waals surface area contributed by atoms with Crippen molar-refractivity contribution in [2.45, 2.75) is 51.4 Å². The number of nitrogens with two attached hydrogens (primary N) is 1. The first-order valence-corrected chi connectivity index (χ1v) is 10.3. The summed E-state index contributed by atoms with van der Waals surface area (Å²) in [4.78, 5) is 27.0. The van der Waals surface area contributed by atoms with Gasteiger partial charge in [0.2, 0.25) is 11.8 Å². The monoisotopic (exact) mass is 374 g/mol. The number of primary amides is 1. The number of hydrogen-bond donors (Lipinski definition) is 2. The number of hydrogen-bond acceptors (Lipinski definition) is 5. The minimum atomic E-state index is -0.219. The molecule has 2 amide bonds. The van der Waals surface area contributed by atoms with E-state index in [1.54, 1.807) is 11.3 Å². The molecule has 1 aromatic rings. The maximum absolute atomic E-state index is 12.4. The lowest BCUT2D eigenvalue weighted by Crippen LogP contribution is -2.39. The Balaban J connectivity index is 1.53. The number of nitrogens with zero attached hydrogens (tertiary/aromatic N) is 2. The summed E-state index contributed by atoms with van der Waals surface area (Å²) in [6.07, 6.45) is 7.38. The smallest absolute Gasteiger partial charge is 0.226 e. The average Bonchev–Trinajstić information content (AvgIpc) is 2.79. The maximum atomic E-state index is 12.4. The first-order chi connectivity index (χ1) is 12.6. The molecule has 1 saturated heterocycles. The van der Waals surface area contributed by atoms with Crippen molar-refractivity contribution in [3.8, 4) is 6.07 Å². The Kier molecular flexibility index (Phi) is 6.28. The summed E-state index contributed by atoms with van der Waals surface area (Å²) in [5.74, 6) is -0.293. The van der Waals surface area contributed by atoms with E-state index in [1.165, 1.54) is 11.3 Å². The molecule has 2 aliphatic rings. The summed E-state index contributed by atoms with van der Waals surface area (Å²) in [7, 11) is 0. The fraction of sp³-hybridized carbons (Fsp3) is 0.632. The Morgan fingerprint density at radius 1 is 1.23 bits per heavy atom.